The monoisotopic (exact) mass is 386 g/mol. The van der Waals surface area contributed by atoms with E-state index in [0.29, 0.717) is 16.8 Å². The highest BCUT2D eigenvalue weighted by atomic mass is 16.2. The van der Waals surface area contributed by atoms with Crippen LogP contribution in [0.2, 0.25) is 0 Å². The van der Waals surface area contributed by atoms with E-state index in [1.807, 2.05) is 4.90 Å². The summed E-state index contributed by atoms with van der Waals surface area (Å²) in [6, 6.07) is 6.78. The number of hydrogen-bond donors (Lipinski definition) is 2. The molecule has 3 rings (SSSR count). The van der Waals surface area contributed by atoms with Gasteiger partial charge < -0.3 is 10.2 Å². The number of piperidine rings is 1. The highest BCUT2D eigenvalue weighted by Crippen LogP contribution is 2.15. The Labute approximate surface area is 162 Å². The van der Waals surface area contributed by atoms with Crippen LogP contribution in [0.15, 0.2) is 33.9 Å². The van der Waals surface area contributed by atoms with Crippen LogP contribution in [0.3, 0.4) is 0 Å². The molecule has 1 saturated heterocycles. The van der Waals surface area contributed by atoms with Crippen LogP contribution in [0.25, 0.3) is 10.9 Å². The SMILES string of the molecule is CC1CCCN(C(=O)CCNC(=O)CCn2c(=O)[nH]c(=O)c3ccccc32)C1. The molecule has 28 heavy (non-hydrogen) atoms. The van der Waals surface area contributed by atoms with Gasteiger partial charge in [-0.15, -0.1) is 0 Å². The summed E-state index contributed by atoms with van der Waals surface area (Å²) in [5.41, 5.74) is -0.476. The van der Waals surface area contributed by atoms with Gasteiger partial charge in [-0.05, 0) is 30.9 Å². The number of hydrogen-bond acceptors (Lipinski definition) is 4. The normalized spacial score (nSPS) is 16.9. The Morgan fingerprint density at radius 2 is 2.00 bits per heavy atom. The van der Waals surface area contributed by atoms with E-state index in [0.717, 1.165) is 25.9 Å². The minimum absolute atomic E-state index is 0.0645. The largest absolute Gasteiger partial charge is 0.356 e. The zero-order valence-electron chi connectivity index (χ0n) is 16.1. The van der Waals surface area contributed by atoms with Crippen LogP contribution >= 0.6 is 0 Å². The van der Waals surface area contributed by atoms with Gasteiger partial charge in [-0.25, -0.2) is 4.79 Å². The number of aryl methyl sites for hydroxylation is 1. The van der Waals surface area contributed by atoms with Crippen molar-refractivity contribution in [1.82, 2.24) is 19.8 Å². The number of H-pyrrole nitrogens is 1. The van der Waals surface area contributed by atoms with Crippen molar-refractivity contribution >= 4 is 22.7 Å². The molecule has 0 bridgehead atoms. The number of carbonyl (C=O) groups is 2. The molecule has 2 aromatic rings. The van der Waals surface area contributed by atoms with E-state index < -0.39 is 11.2 Å². The summed E-state index contributed by atoms with van der Waals surface area (Å²) >= 11 is 0. The van der Waals surface area contributed by atoms with Crippen LogP contribution < -0.4 is 16.6 Å². The van der Waals surface area contributed by atoms with Crippen LogP contribution in [0.5, 0.6) is 0 Å². The molecule has 1 aliphatic heterocycles. The summed E-state index contributed by atoms with van der Waals surface area (Å²) in [7, 11) is 0. The second-order valence-electron chi connectivity index (χ2n) is 7.37. The summed E-state index contributed by atoms with van der Waals surface area (Å²) in [4.78, 5) is 52.4. The predicted molar refractivity (Wildman–Crippen MR) is 106 cm³/mol. The van der Waals surface area contributed by atoms with Crippen LogP contribution in [0, 0.1) is 5.92 Å². The first kappa shape index (κ1) is 19.9. The summed E-state index contributed by atoms with van der Waals surface area (Å²) in [5.74, 6) is 0.356. The molecule has 0 aliphatic carbocycles. The van der Waals surface area contributed by atoms with Gasteiger partial charge in [0.25, 0.3) is 5.56 Å². The molecule has 1 atom stereocenters. The molecule has 0 radical (unpaired) electrons. The number of benzene rings is 1. The molecule has 1 aliphatic rings. The molecule has 150 valence electrons. The molecule has 8 nitrogen and oxygen atoms in total. The highest BCUT2D eigenvalue weighted by molar-refractivity contribution is 5.80. The van der Waals surface area contributed by atoms with Gasteiger partial charge in [0.15, 0.2) is 0 Å². The molecule has 1 aromatic carbocycles. The third-order valence-electron chi connectivity index (χ3n) is 5.14. The van der Waals surface area contributed by atoms with E-state index in [4.69, 9.17) is 0 Å². The first-order valence-corrected chi connectivity index (χ1v) is 9.72. The fourth-order valence-corrected chi connectivity index (χ4v) is 3.65. The molecular formula is C20H26N4O4. The second kappa shape index (κ2) is 8.86. The molecule has 1 unspecified atom stereocenters. The Morgan fingerprint density at radius 1 is 1.21 bits per heavy atom. The molecule has 0 saturated carbocycles. The van der Waals surface area contributed by atoms with E-state index in [-0.39, 0.29) is 37.7 Å². The van der Waals surface area contributed by atoms with E-state index in [1.54, 1.807) is 24.3 Å². The number of likely N-dealkylation sites (tertiary alicyclic amines) is 1. The lowest BCUT2D eigenvalue weighted by Crippen LogP contribution is -2.40. The third-order valence-corrected chi connectivity index (χ3v) is 5.14. The fourth-order valence-electron chi connectivity index (χ4n) is 3.65. The van der Waals surface area contributed by atoms with Gasteiger partial charge in [-0.2, -0.15) is 0 Å². The number of nitrogens with one attached hydrogen (secondary N) is 2. The number of nitrogens with zero attached hydrogens (tertiary/aromatic N) is 2. The predicted octanol–water partition coefficient (Wildman–Crippen LogP) is 0.845. The first-order chi connectivity index (χ1) is 13.5. The Balaban J connectivity index is 1.51. The summed E-state index contributed by atoms with van der Waals surface area (Å²) in [6.07, 6.45) is 2.55. The van der Waals surface area contributed by atoms with E-state index >= 15 is 0 Å². The van der Waals surface area contributed by atoms with Gasteiger partial charge >= 0.3 is 5.69 Å². The molecule has 0 spiro atoms. The standard InChI is InChI=1S/C20H26N4O4/c1-14-5-4-11-23(13-14)18(26)8-10-21-17(25)9-12-24-16-7-3-2-6-15(16)19(27)22-20(24)28/h2-3,6-7,14H,4-5,8-13H2,1H3,(H,21,25)(H,22,27,28). The van der Waals surface area contributed by atoms with Gasteiger partial charge in [0.1, 0.15) is 0 Å². The van der Waals surface area contributed by atoms with Crippen LogP contribution in [-0.2, 0) is 16.1 Å². The third kappa shape index (κ3) is 4.68. The molecule has 2 heterocycles. The van der Waals surface area contributed by atoms with Crippen molar-refractivity contribution in [3.8, 4) is 0 Å². The Hall–Kier alpha value is -2.90. The summed E-state index contributed by atoms with van der Waals surface area (Å²) in [6.45, 7) is 4.15. The zero-order valence-corrected chi connectivity index (χ0v) is 16.1. The number of aromatic amines is 1. The number of rotatable bonds is 6. The molecular weight excluding hydrogens is 360 g/mol. The average molecular weight is 386 g/mol. The lowest BCUT2D eigenvalue weighted by Gasteiger charge is -2.31. The molecule has 8 heteroatoms. The Kier molecular flexibility index (Phi) is 6.28. The lowest BCUT2D eigenvalue weighted by molar-refractivity contribution is -0.132. The van der Waals surface area contributed by atoms with Gasteiger partial charge in [0, 0.05) is 39.0 Å². The van der Waals surface area contributed by atoms with Gasteiger partial charge in [0.2, 0.25) is 11.8 Å². The molecule has 1 fully saturated rings. The maximum absolute atomic E-state index is 12.2. The summed E-state index contributed by atoms with van der Waals surface area (Å²) < 4.78 is 1.39. The number of carbonyl (C=O) groups excluding carboxylic acids is 2. The first-order valence-electron chi connectivity index (χ1n) is 9.72. The smallest absolute Gasteiger partial charge is 0.328 e. The average Bonchev–Trinajstić information content (AvgIpc) is 2.67. The van der Waals surface area contributed by atoms with Gasteiger partial charge in [-0.1, -0.05) is 19.1 Å². The van der Waals surface area contributed by atoms with Gasteiger partial charge in [0.05, 0.1) is 10.9 Å². The van der Waals surface area contributed by atoms with Crippen molar-refractivity contribution in [1.29, 1.82) is 0 Å². The Bertz CT molecular complexity index is 978. The van der Waals surface area contributed by atoms with E-state index in [9.17, 15) is 19.2 Å². The van der Waals surface area contributed by atoms with Crippen molar-refractivity contribution in [3.63, 3.8) is 0 Å². The van der Waals surface area contributed by atoms with Gasteiger partial charge in [-0.3, -0.25) is 23.9 Å². The Morgan fingerprint density at radius 3 is 2.79 bits per heavy atom. The van der Waals surface area contributed by atoms with Crippen molar-refractivity contribution in [2.75, 3.05) is 19.6 Å². The highest BCUT2D eigenvalue weighted by Gasteiger charge is 2.20. The molecule has 2 N–H and O–H groups in total. The quantitative estimate of drug-likeness (QED) is 0.768. The lowest BCUT2D eigenvalue weighted by atomic mass is 10.00. The summed E-state index contributed by atoms with van der Waals surface area (Å²) in [5, 5.41) is 3.15. The van der Waals surface area contributed by atoms with Crippen molar-refractivity contribution in [2.45, 2.75) is 39.2 Å². The topological polar surface area (TPSA) is 104 Å². The molecule has 1 aromatic heterocycles. The number of aromatic nitrogens is 2. The van der Waals surface area contributed by atoms with Crippen molar-refractivity contribution in [3.05, 3.63) is 45.1 Å². The van der Waals surface area contributed by atoms with Crippen LogP contribution in [-0.4, -0.2) is 45.9 Å². The maximum atomic E-state index is 12.2. The number of fused-ring (bicyclic) bond motifs is 1. The van der Waals surface area contributed by atoms with E-state index in [2.05, 4.69) is 17.2 Å². The second-order valence-corrected chi connectivity index (χ2v) is 7.37. The maximum Gasteiger partial charge on any atom is 0.328 e. The number of amides is 2. The zero-order chi connectivity index (χ0) is 20.1. The molecule has 2 amide bonds. The van der Waals surface area contributed by atoms with E-state index in [1.165, 1.54) is 4.57 Å². The number of para-hydroxylation sites is 1. The van der Waals surface area contributed by atoms with Crippen LogP contribution in [0.1, 0.15) is 32.6 Å². The van der Waals surface area contributed by atoms with Crippen molar-refractivity contribution < 1.29 is 9.59 Å². The van der Waals surface area contributed by atoms with Crippen molar-refractivity contribution in [2.24, 2.45) is 5.92 Å². The minimum Gasteiger partial charge on any atom is -0.356 e. The fraction of sp³-hybridized carbons (Fsp3) is 0.500. The minimum atomic E-state index is -0.536. The van der Waals surface area contributed by atoms with Crippen LogP contribution in [0.4, 0.5) is 0 Å².